The van der Waals surface area contributed by atoms with Gasteiger partial charge in [0, 0.05) is 42.0 Å². The van der Waals surface area contributed by atoms with Crippen molar-refractivity contribution in [2.45, 2.75) is 26.3 Å². The second-order valence-electron chi connectivity index (χ2n) is 4.91. The van der Waals surface area contributed by atoms with Crippen molar-refractivity contribution in [1.29, 1.82) is 0 Å². The number of nitrogens with zero attached hydrogens (tertiary/aromatic N) is 1. The van der Waals surface area contributed by atoms with Crippen molar-refractivity contribution in [1.82, 2.24) is 10.2 Å². The number of aryl methyl sites for hydroxylation is 1. The molecule has 0 bridgehead atoms. The maximum atomic E-state index is 4.08. The fourth-order valence-electron chi connectivity index (χ4n) is 2.37. The quantitative estimate of drug-likeness (QED) is 0.848. The molecule has 110 valence electrons. The van der Waals surface area contributed by atoms with Crippen molar-refractivity contribution in [2.24, 2.45) is 0 Å². The number of piperazine rings is 1. The number of hydrogen-bond donors (Lipinski definition) is 1. The van der Waals surface area contributed by atoms with Gasteiger partial charge in [-0.1, -0.05) is 5.57 Å². The van der Waals surface area contributed by atoms with E-state index in [2.05, 4.69) is 42.8 Å². The molecule has 1 aliphatic heterocycles. The Bertz CT molecular complexity index is 387. The van der Waals surface area contributed by atoms with Crippen molar-refractivity contribution < 1.29 is 0 Å². The summed E-state index contributed by atoms with van der Waals surface area (Å²) in [7, 11) is 0. The summed E-state index contributed by atoms with van der Waals surface area (Å²) >= 11 is 1.93. The monoisotopic (exact) mass is 322 g/mol. The van der Waals surface area contributed by atoms with E-state index in [-0.39, 0.29) is 24.8 Å². The van der Waals surface area contributed by atoms with Gasteiger partial charge < -0.3 is 5.32 Å². The normalized spacial score (nSPS) is 17.2. The number of rotatable bonds is 4. The smallest absolute Gasteiger partial charge is 0.0479 e. The summed E-state index contributed by atoms with van der Waals surface area (Å²) in [6, 6.07) is 5.05. The van der Waals surface area contributed by atoms with E-state index < -0.39 is 0 Å². The molecule has 1 aliphatic rings. The molecule has 2 heterocycles. The molecule has 1 saturated heterocycles. The fraction of sp³-hybridized carbons (Fsp3) is 0.571. The lowest BCUT2D eigenvalue weighted by atomic mass is 10.0. The number of halogens is 2. The average molecular weight is 323 g/mol. The zero-order valence-electron chi connectivity index (χ0n) is 11.6. The third-order valence-corrected chi connectivity index (χ3v) is 4.33. The minimum Gasteiger partial charge on any atom is -0.314 e. The third-order valence-electron chi connectivity index (χ3n) is 3.22. The fourth-order valence-corrected chi connectivity index (χ4v) is 3.38. The van der Waals surface area contributed by atoms with Crippen LogP contribution in [0.2, 0.25) is 0 Å². The van der Waals surface area contributed by atoms with Crippen LogP contribution in [-0.2, 0) is 0 Å². The molecule has 0 saturated carbocycles. The van der Waals surface area contributed by atoms with E-state index in [0.29, 0.717) is 6.04 Å². The van der Waals surface area contributed by atoms with E-state index in [9.17, 15) is 0 Å². The van der Waals surface area contributed by atoms with Crippen LogP contribution in [0.15, 0.2) is 24.3 Å². The first-order valence-corrected chi connectivity index (χ1v) is 7.14. The van der Waals surface area contributed by atoms with Crippen LogP contribution in [0.1, 0.15) is 29.1 Å². The van der Waals surface area contributed by atoms with Crippen LogP contribution >= 0.6 is 36.2 Å². The Labute approximate surface area is 133 Å². The van der Waals surface area contributed by atoms with Gasteiger partial charge in [-0.25, -0.2) is 0 Å². The van der Waals surface area contributed by atoms with Crippen molar-refractivity contribution >= 4 is 36.2 Å². The standard InChI is InChI=1S/C14H22N2S.2ClH/c1-11(2)10-13(14-5-4-12(3)17-14)16-8-6-15-7-9-16;;/h4-5,13,15H,1,6-10H2,2-3H3;2*1H/t13-;;/m0../s1. The molecule has 1 fully saturated rings. The number of nitrogens with one attached hydrogen (secondary N) is 1. The summed E-state index contributed by atoms with van der Waals surface area (Å²) < 4.78 is 0. The van der Waals surface area contributed by atoms with Gasteiger partial charge in [0.15, 0.2) is 0 Å². The highest BCUT2D eigenvalue weighted by molar-refractivity contribution is 7.12. The van der Waals surface area contributed by atoms with Crippen molar-refractivity contribution in [3.8, 4) is 0 Å². The summed E-state index contributed by atoms with van der Waals surface area (Å²) in [5, 5.41) is 3.42. The van der Waals surface area contributed by atoms with Crippen molar-refractivity contribution in [3.63, 3.8) is 0 Å². The van der Waals surface area contributed by atoms with E-state index >= 15 is 0 Å². The first-order valence-electron chi connectivity index (χ1n) is 6.32. The topological polar surface area (TPSA) is 15.3 Å². The van der Waals surface area contributed by atoms with Crippen LogP contribution in [0, 0.1) is 6.92 Å². The molecule has 5 heteroatoms. The molecule has 1 N–H and O–H groups in total. The van der Waals surface area contributed by atoms with Crippen LogP contribution in [-0.4, -0.2) is 31.1 Å². The summed E-state index contributed by atoms with van der Waals surface area (Å²) in [5.41, 5.74) is 1.28. The van der Waals surface area contributed by atoms with Gasteiger partial charge in [0.05, 0.1) is 0 Å². The van der Waals surface area contributed by atoms with Crippen LogP contribution in [0.4, 0.5) is 0 Å². The second kappa shape index (κ2) is 8.98. The molecule has 0 aromatic carbocycles. The Morgan fingerprint density at radius 1 is 1.37 bits per heavy atom. The minimum atomic E-state index is 0. The molecule has 0 spiro atoms. The first-order chi connectivity index (χ1) is 8.16. The highest BCUT2D eigenvalue weighted by Gasteiger charge is 2.23. The lowest BCUT2D eigenvalue weighted by Crippen LogP contribution is -2.45. The second-order valence-corrected chi connectivity index (χ2v) is 6.23. The third kappa shape index (κ3) is 5.44. The van der Waals surface area contributed by atoms with Crippen LogP contribution in [0.5, 0.6) is 0 Å². The van der Waals surface area contributed by atoms with Gasteiger partial charge in [0.25, 0.3) is 0 Å². The molecule has 1 aromatic heterocycles. The molecule has 19 heavy (non-hydrogen) atoms. The average Bonchev–Trinajstić information content (AvgIpc) is 2.73. The van der Waals surface area contributed by atoms with E-state index in [1.54, 1.807) is 0 Å². The van der Waals surface area contributed by atoms with Crippen LogP contribution in [0.25, 0.3) is 0 Å². The molecular weight excluding hydrogens is 299 g/mol. The molecule has 0 aliphatic carbocycles. The van der Waals surface area contributed by atoms with E-state index in [0.717, 1.165) is 32.6 Å². The van der Waals surface area contributed by atoms with E-state index in [1.807, 2.05) is 11.3 Å². The summed E-state index contributed by atoms with van der Waals surface area (Å²) in [5.74, 6) is 0. The van der Waals surface area contributed by atoms with Gasteiger partial charge in [-0.3, -0.25) is 4.90 Å². The van der Waals surface area contributed by atoms with Crippen molar-refractivity contribution in [2.75, 3.05) is 26.2 Å². The Balaban J connectivity index is 0.00000162. The molecule has 0 unspecified atom stereocenters. The van der Waals surface area contributed by atoms with Crippen LogP contribution in [0.3, 0.4) is 0 Å². The minimum absolute atomic E-state index is 0. The largest absolute Gasteiger partial charge is 0.314 e. The molecule has 2 nitrogen and oxygen atoms in total. The van der Waals surface area contributed by atoms with Gasteiger partial charge in [0.2, 0.25) is 0 Å². The zero-order chi connectivity index (χ0) is 12.3. The van der Waals surface area contributed by atoms with Crippen LogP contribution < -0.4 is 5.32 Å². The van der Waals surface area contributed by atoms with E-state index in [4.69, 9.17) is 0 Å². The molecule has 0 radical (unpaired) electrons. The summed E-state index contributed by atoms with van der Waals surface area (Å²) in [6.07, 6.45) is 1.08. The number of hydrogen-bond acceptors (Lipinski definition) is 3. The maximum absolute atomic E-state index is 4.08. The molecular formula is C14H24Cl2N2S. The van der Waals surface area contributed by atoms with Gasteiger partial charge in [0.1, 0.15) is 0 Å². The molecule has 1 aromatic rings. The SMILES string of the molecule is C=C(C)C[C@@H](c1ccc(C)s1)N1CCNCC1.Cl.Cl. The van der Waals surface area contributed by atoms with E-state index in [1.165, 1.54) is 15.3 Å². The first kappa shape index (κ1) is 18.9. The lowest BCUT2D eigenvalue weighted by Gasteiger charge is -2.34. The van der Waals surface area contributed by atoms with Gasteiger partial charge in [-0.15, -0.1) is 42.7 Å². The Hall–Kier alpha value is -0.0600. The molecule has 2 rings (SSSR count). The maximum Gasteiger partial charge on any atom is 0.0479 e. The number of thiophene rings is 1. The van der Waals surface area contributed by atoms with Gasteiger partial charge in [-0.2, -0.15) is 0 Å². The Morgan fingerprint density at radius 3 is 2.47 bits per heavy atom. The predicted molar refractivity (Wildman–Crippen MR) is 90.2 cm³/mol. The highest BCUT2D eigenvalue weighted by atomic mass is 35.5. The predicted octanol–water partition coefficient (Wildman–Crippen LogP) is 3.81. The Morgan fingerprint density at radius 2 is 2.00 bits per heavy atom. The molecule has 1 atom stereocenters. The molecule has 0 amide bonds. The van der Waals surface area contributed by atoms with Crippen molar-refractivity contribution in [3.05, 3.63) is 34.0 Å². The zero-order valence-corrected chi connectivity index (χ0v) is 14.1. The summed E-state index contributed by atoms with van der Waals surface area (Å²) in [6.45, 7) is 12.9. The lowest BCUT2D eigenvalue weighted by molar-refractivity contribution is 0.175. The summed E-state index contributed by atoms with van der Waals surface area (Å²) in [4.78, 5) is 5.49. The van der Waals surface area contributed by atoms with Gasteiger partial charge in [-0.05, 0) is 32.4 Å². The Kier molecular flexibility index (Phi) is 8.95. The highest BCUT2D eigenvalue weighted by Crippen LogP contribution is 2.32. The van der Waals surface area contributed by atoms with Gasteiger partial charge >= 0.3 is 0 Å².